The zero-order valence-electron chi connectivity index (χ0n) is 16.2. The second-order valence-electron chi connectivity index (χ2n) is 6.62. The van der Waals surface area contributed by atoms with E-state index in [1.807, 2.05) is 31.2 Å². The molecule has 0 heterocycles. The van der Waals surface area contributed by atoms with Crippen molar-refractivity contribution in [1.82, 2.24) is 10.8 Å². The molecule has 1 aliphatic carbocycles. The zero-order chi connectivity index (χ0) is 20.1. The van der Waals surface area contributed by atoms with Gasteiger partial charge in [0.1, 0.15) is 12.6 Å². The van der Waals surface area contributed by atoms with Crippen LogP contribution in [-0.4, -0.2) is 25.8 Å². The first-order valence-corrected chi connectivity index (χ1v) is 9.90. The first-order valence-electron chi connectivity index (χ1n) is 9.11. The third-order valence-corrected chi connectivity index (χ3v) is 5.39. The number of carbonyl (C=O) groups is 1. The number of nitrogens with one attached hydrogen (secondary N) is 2. The van der Waals surface area contributed by atoms with Crippen LogP contribution in [0.15, 0.2) is 46.0 Å². The van der Waals surface area contributed by atoms with Crippen molar-refractivity contribution < 1.29 is 14.5 Å². The smallest absolute Gasteiger partial charge is 0.243 e. The molecular formula is C21H24BrN3O3. The second-order valence-corrected chi connectivity index (χ2v) is 7.54. The number of hydroxylamine groups is 1. The van der Waals surface area contributed by atoms with E-state index in [-0.39, 0.29) is 12.5 Å². The van der Waals surface area contributed by atoms with Crippen LogP contribution >= 0.6 is 15.9 Å². The number of hydrogen-bond acceptors (Lipinski definition) is 5. The minimum Gasteiger partial charge on any atom is -0.391 e. The third kappa shape index (κ3) is 4.43. The summed E-state index contributed by atoms with van der Waals surface area (Å²) in [6.45, 7) is 2.27. The molecule has 0 spiro atoms. The van der Waals surface area contributed by atoms with Crippen molar-refractivity contribution in [3.63, 3.8) is 0 Å². The van der Waals surface area contributed by atoms with Crippen LogP contribution in [0.25, 0.3) is 0 Å². The van der Waals surface area contributed by atoms with Gasteiger partial charge in [-0.3, -0.25) is 4.79 Å². The van der Waals surface area contributed by atoms with Crippen LogP contribution in [0, 0.1) is 6.92 Å². The van der Waals surface area contributed by atoms with Gasteiger partial charge in [-0.05, 0) is 48.6 Å². The number of benzene rings is 2. The van der Waals surface area contributed by atoms with Gasteiger partial charge in [-0.2, -0.15) is 5.48 Å². The lowest BCUT2D eigenvalue weighted by molar-refractivity contribution is -0.126. The van der Waals surface area contributed by atoms with Gasteiger partial charge in [0.2, 0.25) is 5.91 Å². The number of carbonyl (C=O) groups excluding carboxylic acids is 1. The number of hydrogen-bond donors (Lipinski definition) is 2. The second kappa shape index (κ2) is 9.32. The van der Waals surface area contributed by atoms with Gasteiger partial charge >= 0.3 is 0 Å². The third-order valence-electron chi connectivity index (χ3n) is 4.89. The van der Waals surface area contributed by atoms with Gasteiger partial charge < -0.3 is 15.0 Å². The van der Waals surface area contributed by atoms with Crippen LogP contribution in [0.1, 0.15) is 40.3 Å². The predicted octanol–water partition coefficient (Wildman–Crippen LogP) is 3.56. The maximum Gasteiger partial charge on any atom is 0.243 e. The number of oxime groups is 1. The Morgan fingerprint density at radius 3 is 2.86 bits per heavy atom. The molecule has 6 nitrogen and oxygen atoms in total. The van der Waals surface area contributed by atoms with E-state index in [2.05, 4.69) is 44.0 Å². The molecule has 2 aromatic rings. The van der Waals surface area contributed by atoms with Crippen LogP contribution in [-0.2, 0) is 27.5 Å². The maximum atomic E-state index is 12.3. The summed E-state index contributed by atoms with van der Waals surface area (Å²) in [6.07, 6.45) is 1.82. The van der Waals surface area contributed by atoms with E-state index in [1.165, 1.54) is 12.7 Å². The summed E-state index contributed by atoms with van der Waals surface area (Å²) in [5, 5.41) is 7.05. The van der Waals surface area contributed by atoms with Gasteiger partial charge in [0.15, 0.2) is 0 Å². The van der Waals surface area contributed by atoms with E-state index in [0.29, 0.717) is 0 Å². The van der Waals surface area contributed by atoms with Gasteiger partial charge in [0.05, 0.1) is 12.8 Å². The number of halogens is 1. The maximum absolute atomic E-state index is 12.3. The molecule has 1 unspecified atom stereocenters. The van der Waals surface area contributed by atoms with E-state index in [9.17, 15) is 4.79 Å². The highest BCUT2D eigenvalue weighted by Crippen LogP contribution is 2.27. The minimum atomic E-state index is -0.634. The number of likely N-dealkylation sites (N-methyl/N-ethyl adjacent to an activating group) is 1. The molecule has 3 rings (SSSR count). The molecule has 7 heteroatoms. The highest BCUT2D eigenvalue weighted by atomic mass is 79.9. The van der Waals surface area contributed by atoms with Crippen molar-refractivity contribution in [1.29, 1.82) is 0 Å². The van der Waals surface area contributed by atoms with Crippen molar-refractivity contribution in [2.45, 2.75) is 32.4 Å². The molecule has 2 aromatic carbocycles. The lowest BCUT2D eigenvalue weighted by Gasteiger charge is -2.20. The van der Waals surface area contributed by atoms with Crippen molar-refractivity contribution >= 4 is 27.5 Å². The predicted molar refractivity (Wildman–Crippen MR) is 112 cm³/mol. The number of rotatable bonds is 7. The fourth-order valence-corrected chi connectivity index (χ4v) is 3.83. The molecule has 148 valence electrons. The molecular weight excluding hydrogens is 422 g/mol. The molecule has 0 aromatic heterocycles. The molecule has 0 saturated heterocycles. The molecule has 1 atom stereocenters. The van der Waals surface area contributed by atoms with Gasteiger partial charge in [-0.15, -0.1) is 0 Å². The molecule has 0 fully saturated rings. The van der Waals surface area contributed by atoms with Crippen molar-refractivity contribution in [3.05, 3.63) is 68.7 Å². The summed E-state index contributed by atoms with van der Waals surface area (Å²) >= 11 is 3.51. The SMILES string of the molecule is CNC(=O)C(NOC)c1cccc(C)c1CO/N=C1\CCc2cc(Br)ccc21. The first-order chi connectivity index (χ1) is 13.5. The van der Waals surface area contributed by atoms with Gasteiger partial charge in [0, 0.05) is 22.6 Å². The summed E-state index contributed by atoms with van der Waals surface area (Å²) in [4.78, 5) is 23.0. The molecule has 2 N–H and O–H groups in total. The number of aryl methyl sites for hydroxylation is 2. The Hall–Kier alpha value is -2.22. The van der Waals surface area contributed by atoms with E-state index in [0.717, 1.165) is 45.3 Å². The van der Waals surface area contributed by atoms with Crippen molar-refractivity contribution in [3.8, 4) is 0 Å². The van der Waals surface area contributed by atoms with E-state index >= 15 is 0 Å². The highest BCUT2D eigenvalue weighted by Gasteiger charge is 2.24. The zero-order valence-corrected chi connectivity index (χ0v) is 17.8. The van der Waals surface area contributed by atoms with Crippen LogP contribution in [0.2, 0.25) is 0 Å². The Morgan fingerprint density at radius 1 is 1.29 bits per heavy atom. The Labute approximate surface area is 173 Å². The molecule has 0 saturated carbocycles. The van der Waals surface area contributed by atoms with Crippen LogP contribution in [0.5, 0.6) is 0 Å². The summed E-state index contributed by atoms with van der Waals surface area (Å²) in [5.41, 5.74) is 8.87. The van der Waals surface area contributed by atoms with Gasteiger partial charge in [-0.1, -0.05) is 45.4 Å². The standard InChI is InChI=1S/C21H24BrN3O3/c1-13-5-4-6-17(20(25-27-3)21(26)23-2)18(13)12-28-24-19-10-7-14-11-15(22)8-9-16(14)19/h4-6,8-9,11,20,25H,7,10,12H2,1-3H3,(H,23,26)/b24-19+. The van der Waals surface area contributed by atoms with Crippen LogP contribution < -0.4 is 10.8 Å². The molecule has 0 bridgehead atoms. The summed E-state index contributed by atoms with van der Waals surface area (Å²) in [7, 11) is 3.09. The monoisotopic (exact) mass is 445 g/mol. The van der Waals surface area contributed by atoms with Crippen LogP contribution in [0.3, 0.4) is 0 Å². The number of fused-ring (bicyclic) bond motifs is 1. The summed E-state index contributed by atoms with van der Waals surface area (Å²) in [6, 6.07) is 11.4. The minimum absolute atomic E-state index is 0.185. The largest absolute Gasteiger partial charge is 0.391 e. The van der Waals surface area contributed by atoms with Gasteiger partial charge in [-0.25, -0.2) is 0 Å². The summed E-state index contributed by atoms with van der Waals surface area (Å²) in [5.74, 6) is -0.185. The fraction of sp³-hybridized carbons (Fsp3) is 0.333. The number of nitrogens with zero attached hydrogens (tertiary/aromatic N) is 1. The van der Waals surface area contributed by atoms with E-state index in [4.69, 9.17) is 9.68 Å². The summed E-state index contributed by atoms with van der Waals surface area (Å²) < 4.78 is 1.07. The molecule has 0 aliphatic heterocycles. The molecule has 0 radical (unpaired) electrons. The quantitative estimate of drug-likeness (QED) is 0.639. The lowest BCUT2D eigenvalue weighted by Crippen LogP contribution is -2.36. The Balaban J connectivity index is 1.81. The molecule has 1 amide bonds. The van der Waals surface area contributed by atoms with Crippen LogP contribution in [0.4, 0.5) is 0 Å². The average molecular weight is 446 g/mol. The average Bonchev–Trinajstić information content (AvgIpc) is 3.09. The highest BCUT2D eigenvalue weighted by molar-refractivity contribution is 9.10. The Kier molecular flexibility index (Phi) is 6.83. The normalized spacial score (nSPS) is 15.4. The number of amides is 1. The first kappa shape index (κ1) is 20.5. The lowest BCUT2D eigenvalue weighted by atomic mass is 9.96. The molecule has 1 aliphatic rings. The Bertz CT molecular complexity index is 898. The van der Waals surface area contributed by atoms with E-state index < -0.39 is 6.04 Å². The van der Waals surface area contributed by atoms with Crippen molar-refractivity contribution in [2.75, 3.05) is 14.2 Å². The Morgan fingerprint density at radius 2 is 2.11 bits per heavy atom. The van der Waals surface area contributed by atoms with Crippen molar-refractivity contribution in [2.24, 2.45) is 5.16 Å². The van der Waals surface area contributed by atoms with E-state index in [1.54, 1.807) is 7.05 Å². The topological polar surface area (TPSA) is 72.0 Å². The fourth-order valence-electron chi connectivity index (χ4n) is 3.42. The molecule has 28 heavy (non-hydrogen) atoms. The van der Waals surface area contributed by atoms with Gasteiger partial charge in [0.25, 0.3) is 0 Å².